The lowest BCUT2D eigenvalue weighted by atomic mass is 9.89. The number of anilines is 1. The van der Waals surface area contributed by atoms with E-state index in [4.69, 9.17) is 4.74 Å². The Morgan fingerprint density at radius 3 is 2.46 bits per heavy atom. The number of hydrogen-bond donors (Lipinski definition) is 0. The molecule has 3 rings (SSSR count). The van der Waals surface area contributed by atoms with Crippen LogP contribution in [0, 0.1) is 0 Å². The number of fused-ring (bicyclic) bond motifs is 1. The maximum Gasteiger partial charge on any atom is 0.265 e. The van der Waals surface area contributed by atoms with Crippen molar-refractivity contribution in [2.45, 2.75) is 32.7 Å². The zero-order valence-corrected chi connectivity index (χ0v) is 15.2. The van der Waals surface area contributed by atoms with Gasteiger partial charge in [0.25, 0.3) is 5.91 Å². The molecule has 0 saturated heterocycles. The zero-order chi connectivity index (χ0) is 18.7. The van der Waals surface area contributed by atoms with Gasteiger partial charge < -0.3 is 4.74 Å². The molecule has 1 aliphatic heterocycles. The lowest BCUT2D eigenvalue weighted by Crippen LogP contribution is -2.45. The summed E-state index contributed by atoms with van der Waals surface area (Å²) in [5.74, 6) is -0.476. The average molecular weight is 350 g/mol. The van der Waals surface area contributed by atoms with Crippen molar-refractivity contribution in [3.63, 3.8) is 0 Å². The molecule has 0 aromatic heterocycles. The van der Waals surface area contributed by atoms with Crippen molar-refractivity contribution in [2.75, 3.05) is 11.5 Å². The average Bonchev–Trinajstić information content (AvgIpc) is 2.63. The fourth-order valence-corrected chi connectivity index (χ4v) is 2.96. The molecule has 0 spiro atoms. The molecule has 2 aromatic carbocycles. The highest BCUT2D eigenvalue weighted by molar-refractivity contribution is 6.29. The van der Waals surface area contributed by atoms with E-state index < -0.39 is 5.92 Å². The van der Waals surface area contributed by atoms with E-state index in [1.165, 1.54) is 4.90 Å². The first-order valence-corrected chi connectivity index (χ1v) is 8.76. The van der Waals surface area contributed by atoms with Crippen molar-refractivity contribution < 1.29 is 14.3 Å². The molecule has 5 nitrogen and oxygen atoms in total. The number of carbonyl (C=O) groups is 2. The SMILES string of the molecule is CCOc1ccc(N2C(=O)c3ccccc3[C@@H](C=NC(C)C)C2=O)cc1. The summed E-state index contributed by atoms with van der Waals surface area (Å²) in [6.45, 7) is 6.36. The molecule has 2 amide bonds. The van der Waals surface area contributed by atoms with Crippen LogP contribution in [0.25, 0.3) is 0 Å². The molecular formula is C21H22N2O3. The molecule has 2 aromatic rings. The monoisotopic (exact) mass is 350 g/mol. The maximum atomic E-state index is 13.1. The predicted molar refractivity (Wildman–Crippen MR) is 102 cm³/mol. The van der Waals surface area contributed by atoms with Crippen LogP contribution in [-0.2, 0) is 4.79 Å². The molecular weight excluding hydrogens is 328 g/mol. The van der Waals surface area contributed by atoms with Gasteiger partial charge in [-0.25, -0.2) is 4.90 Å². The first-order valence-electron chi connectivity index (χ1n) is 8.76. The van der Waals surface area contributed by atoms with Crippen molar-refractivity contribution in [1.82, 2.24) is 0 Å². The fourth-order valence-electron chi connectivity index (χ4n) is 2.96. The Labute approximate surface area is 153 Å². The van der Waals surface area contributed by atoms with E-state index in [9.17, 15) is 9.59 Å². The quantitative estimate of drug-likeness (QED) is 0.608. The third-order valence-corrected chi connectivity index (χ3v) is 4.15. The smallest absolute Gasteiger partial charge is 0.265 e. The van der Waals surface area contributed by atoms with Crippen LogP contribution in [-0.4, -0.2) is 30.7 Å². The number of carbonyl (C=O) groups excluding carboxylic acids is 2. The number of nitrogens with zero attached hydrogens (tertiary/aromatic N) is 2. The molecule has 0 radical (unpaired) electrons. The Hall–Kier alpha value is -2.95. The van der Waals surface area contributed by atoms with Crippen LogP contribution < -0.4 is 9.64 Å². The van der Waals surface area contributed by atoms with Crippen LogP contribution in [0.5, 0.6) is 5.75 Å². The lowest BCUT2D eigenvalue weighted by molar-refractivity contribution is -0.118. The second-order valence-electron chi connectivity index (χ2n) is 6.36. The molecule has 0 unspecified atom stereocenters. The molecule has 0 aliphatic carbocycles. The summed E-state index contributed by atoms with van der Waals surface area (Å²) in [4.78, 5) is 31.7. The van der Waals surface area contributed by atoms with Gasteiger partial charge in [0.15, 0.2) is 0 Å². The molecule has 0 fully saturated rings. The van der Waals surface area contributed by atoms with Gasteiger partial charge in [0.05, 0.1) is 18.2 Å². The van der Waals surface area contributed by atoms with E-state index in [0.717, 1.165) is 0 Å². The van der Waals surface area contributed by atoms with E-state index in [1.54, 1.807) is 42.6 Å². The Balaban J connectivity index is 2.03. The van der Waals surface area contributed by atoms with E-state index in [-0.39, 0.29) is 17.9 Å². The molecule has 1 aliphatic rings. The van der Waals surface area contributed by atoms with Crippen LogP contribution in [0.15, 0.2) is 53.5 Å². The highest BCUT2D eigenvalue weighted by Crippen LogP contribution is 2.32. The molecule has 1 atom stereocenters. The number of imide groups is 1. The summed E-state index contributed by atoms with van der Waals surface area (Å²) in [6, 6.07) is 14.3. The summed E-state index contributed by atoms with van der Waals surface area (Å²) in [7, 11) is 0. The second-order valence-corrected chi connectivity index (χ2v) is 6.36. The van der Waals surface area contributed by atoms with Gasteiger partial charge in [0.2, 0.25) is 5.91 Å². The predicted octanol–water partition coefficient (Wildman–Crippen LogP) is 3.84. The van der Waals surface area contributed by atoms with E-state index in [0.29, 0.717) is 29.2 Å². The second kappa shape index (κ2) is 7.52. The lowest BCUT2D eigenvalue weighted by Gasteiger charge is -2.31. The Morgan fingerprint density at radius 1 is 1.12 bits per heavy atom. The van der Waals surface area contributed by atoms with E-state index >= 15 is 0 Å². The molecule has 0 N–H and O–H groups in total. The normalized spacial score (nSPS) is 17.1. The molecule has 26 heavy (non-hydrogen) atoms. The number of amides is 2. The van der Waals surface area contributed by atoms with Gasteiger partial charge in [-0.05, 0) is 56.7 Å². The van der Waals surface area contributed by atoms with Gasteiger partial charge in [0, 0.05) is 17.8 Å². The summed E-state index contributed by atoms with van der Waals surface area (Å²) in [5.41, 5.74) is 1.76. The van der Waals surface area contributed by atoms with Crippen molar-refractivity contribution in [2.24, 2.45) is 4.99 Å². The number of hydrogen-bond acceptors (Lipinski definition) is 4. The largest absolute Gasteiger partial charge is 0.494 e. The number of ether oxygens (including phenoxy) is 1. The van der Waals surface area contributed by atoms with Crippen LogP contribution in [0.2, 0.25) is 0 Å². The van der Waals surface area contributed by atoms with Crippen molar-refractivity contribution in [1.29, 1.82) is 0 Å². The third-order valence-electron chi connectivity index (χ3n) is 4.15. The number of aliphatic imine (C=N–C) groups is 1. The Kier molecular flexibility index (Phi) is 5.16. The Morgan fingerprint density at radius 2 is 1.81 bits per heavy atom. The highest BCUT2D eigenvalue weighted by atomic mass is 16.5. The van der Waals surface area contributed by atoms with Crippen molar-refractivity contribution in [3.05, 3.63) is 59.7 Å². The van der Waals surface area contributed by atoms with Crippen molar-refractivity contribution in [3.8, 4) is 5.75 Å². The van der Waals surface area contributed by atoms with Gasteiger partial charge in [-0.2, -0.15) is 0 Å². The minimum atomic E-state index is -0.571. The van der Waals surface area contributed by atoms with E-state index in [1.807, 2.05) is 32.9 Å². The summed E-state index contributed by atoms with van der Waals surface area (Å²) in [6.07, 6.45) is 1.65. The van der Waals surface area contributed by atoms with Crippen molar-refractivity contribution >= 4 is 23.7 Å². The molecule has 0 saturated carbocycles. The molecule has 1 heterocycles. The molecule has 5 heteroatoms. The minimum Gasteiger partial charge on any atom is -0.494 e. The molecule has 134 valence electrons. The van der Waals surface area contributed by atoms with Crippen LogP contribution in [0.1, 0.15) is 42.6 Å². The standard InChI is InChI=1S/C21H22N2O3/c1-4-26-16-11-9-15(10-12-16)23-20(24)18-8-6-5-7-17(18)19(21(23)25)13-22-14(2)3/h5-14,19H,4H2,1-3H3/t19-/m1/s1. The van der Waals surface area contributed by atoms with Gasteiger partial charge in [-0.1, -0.05) is 18.2 Å². The topological polar surface area (TPSA) is 59.0 Å². The zero-order valence-electron chi connectivity index (χ0n) is 15.2. The van der Waals surface area contributed by atoms with Gasteiger partial charge in [-0.15, -0.1) is 0 Å². The van der Waals surface area contributed by atoms with Gasteiger partial charge in [-0.3, -0.25) is 14.6 Å². The Bertz CT molecular complexity index is 841. The van der Waals surface area contributed by atoms with Gasteiger partial charge in [0.1, 0.15) is 5.75 Å². The third kappa shape index (κ3) is 3.38. The summed E-state index contributed by atoms with van der Waals surface area (Å²) >= 11 is 0. The highest BCUT2D eigenvalue weighted by Gasteiger charge is 2.38. The fraction of sp³-hybridized carbons (Fsp3) is 0.286. The maximum absolute atomic E-state index is 13.1. The van der Waals surface area contributed by atoms with Crippen LogP contribution in [0.3, 0.4) is 0 Å². The number of rotatable bonds is 5. The summed E-state index contributed by atoms with van der Waals surface area (Å²) < 4.78 is 5.43. The summed E-state index contributed by atoms with van der Waals surface area (Å²) in [5, 5.41) is 0. The van der Waals surface area contributed by atoms with Crippen LogP contribution >= 0.6 is 0 Å². The first-order chi connectivity index (χ1) is 12.5. The van der Waals surface area contributed by atoms with Crippen LogP contribution in [0.4, 0.5) is 5.69 Å². The van der Waals surface area contributed by atoms with E-state index in [2.05, 4.69) is 4.99 Å². The molecule has 0 bridgehead atoms. The minimum absolute atomic E-state index is 0.0755. The van der Waals surface area contributed by atoms with Gasteiger partial charge >= 0.3 is 0 Å². The number of benzene rings is 2. The first kappa shape index (κ1) is 17.9.